The molecule has 2 aromatic heterocycles. The van der Waals surface area contributed by atoms with Crippen molar-refractivity contribution >= 4 is 23.3 Å². The summed E-state index contributed by atoms with van der Waals surface area (Å²) < 4.78 is 7.22. The second kappa shape index (κ2) is 7.64. The van der Waals surface area contributed by atoms with Crippen LogP contribution in [0.25, 0.3) is 0 Å². The molecule has 0 spiro atoms. The van der Waals surface area contributed by atoms with Crippen LogP contribution in [-0.4, -0.2) is 39.7 Å². The van der Waals surface area contributed by atoms with Gasteiger partial charge in [0.15, 0.2) is 0 Å². The maximum atomic E-state index is 12.8. The van der Waals surface area contributed by atoms with Gasteiger partial charge in [-0.25, -0.2) is 4.98 Å². The van der Waals surface area contributed by atoms with Gasteiger partial charge in [0.2, 0.25) is 0 Å². The molecule has 28 heavy (non-hydrogen) atoms. The first-order chi connectivity index (χ1) is 13.5. The number of carbonyl (C=O) groups excluding carboxylic acids is 1. The van der Waals surface area contributed by atoms with E-state index >= 15 is 0 Å². The lowest BCUT2D eigenvalue weighted by atomic mass is 9.77. The van der Waals surface area contributed by atoms with Crippen LogP contribution in [0.5, 0.6) is 0 Å². The van der Waals surface area contributed by atoms with Crippen LogP contribution in [0.2, 0.25) is 5.15 Å². The number of amides is 1. The second-order valence-electron chi connectivity index (χ2n) is 7.73. The van der Waals surface area contributed by atoms with Crippen LogP contribution in [0.1, 0.15) is 54.6 Å². The van der Waals surface area contributed by atoms with Crippen LogP contribution >= 0.6 is 11.6 Å². The topological polar surface area (TPSA) is 92.9 Å². The predicted molar refractivity (Wildman–Crippen MR) is 106 cm³/mol. The summed E-state index contributed by atoms with van der Waals surface area (Å²) in [4.78, 5) is 16.9. The minimum Gasteiger partial charge on any atom is -0.381 e. The SMILES string of the molecule is C[C@](C(=N)NC(=O)c1cnn(C2CCOCC2)c1)(c1ccc(Cl)nc1)C1CC1. The molecular weight excluding hydrogens is 378 g/mol. The van der Waals surface area contributed by atoms with Crippen LogP contribution in [0.4, 0.5) is 0 Å². The highest BCUT2D eigenvalue weighted by Crippen LogP contribution is 2.47. The number of aromatic nitrogens is 3. The molecule has 0 aromatic carbocycles. The maximum Gasteiger partial charge on any atom is 0.259 e. The van der Waals surface area contributed by atoms with Crippen LogP contribution in [0.3, 0.4) is 0 Å². The molecule has 0 radical (unpaired) electrons. The number of halogens is 1. The zero-order valence-electron chi connectivity index (χ0n) is 15.8. The van der Waals surface area contributed by atoms with Gasteiger partial charge in [0.05, 0.1) is 23.2 Å². The fourth-order valence-corrected chi connectivity index (χ4v) is 3.96. The van der Waals surface area contributed by atoms with Gasteiger partial charge >= 0.3 is 0 Å². The third kappa shape index (κ3) is 3.69. The average molecular weight is 402 g/mol. The summed E-state index contributed by atoms with van der Waals surface area (Å²) >= 11 is 5.92. The van der Waals surface area contributed by atoms with Crippen LogP contribution in [0, 0.1) is 11.3 Å². The highest BCUT2D eigenvalue weighted by molar-refractivity contribution is 6.29. The number of nitrogens with zero attached hydrogens (tertiary/aromatic N) is 3. The van der Waals surface area contributed by atoms with E-state index in [9.17, 15) is 4.79 Å². The summed E-state index contributed by atoms with van der Waals surface area (Å²) in [6.45, 7) is 3.42. The molecule has 2 N–H and O–H groups in total. The predicted octanol–water partition coefficient (Wildman–Crippen LogP) is 3.36. The summed E-state index contributed by atoms with van der Waals surface area (Å²) in [6.07, 6.45) is 8.86. The first-order valence-corrected chi connectivity index (χ1v) is 10.0. The number of pyridine rings is 1. The molecule has 3 heterocycles. The standard InChI is InChI=1S/C20H24ClN5O2/c1-20(14-2-3-14,15-4-5-17(21)23-11-15)19(22)25-18(27)13-10-24-26(12-13)16-6-8-28-9-7-16/h4-5,10-12,14,16H,2-3,6-9H2,1H3,(H2,22,25,27)/t20-/m1/s1. The van der Waals surface area contributed by atoms with E-state index in [1.54, 1.807) is 24.7 Å². The van der Waals surface area contributed by atoms with Crippen molar-refractivity contribution in [3.63, 3.8) is 0 Å². The van der Waals surface area contributed by atoms with Crippen molar-refractivity contribution in [3.05, 3.63) is 47.0 Å². The largest absolute Gasteiger partial charge is 0.381 e. The molecule has 1 saturated carbocycles. The van der Waals surface area contributed by atoms with E-state index in [0.29, 0.717) is 29.8 Å². The Labute approximate surface area is 168 Å². The van der Waals surface area contributed by atoms with Crippen molar-refractivity contribution in [1.29, 1.82) is 5.41 Å². The highest BCUT2D eigenvalue weighted by atomic mass is 35.5. The van der Waals surface area contributed by atoms with E-state index in [1.807, 2.05) is 17.7 Å². The molecular formula is C20H24ClN5O2. The fourth-order valence-electron chi connectivity index (χ4n) is 3.85. The van der Waals surface area contributed by atoms with Gasteiger partial charge in [-0.1, -0.05) is 17.7 Å². The first kappa shape index (κ1) is 19.1. The summed E-state index contributed by atoms with van der Waals surface area (Å²) in [5.41, 5.74) is 0.760. The molecule has 2 fully saturated rings. The Balaban J connectivity index is 1.49. The van der Waals surface area contributed by atoms with Crippen molar-refractivity contribution in [1.82, 2.24) is 20.1 Å². The average Bonchev–Trinajstić information content (AvgIpc) is 3.45. The van der Waals surface area contributed by atoms with Gasteiger partial charge in [0, 0.05) is 25.6 Å². The smallest absolute Gasteiger partial charge is 0.259 e. The van der Waals surface area contributed by atoms with Gasteiger partial charge in [0.25, 0.3) is 5.91 Å². The van der Waals surface area contributed by atoms with E-state index in [0.717, 1.165) is 31.2 Å². The molecule has 7 nitrogen and oxygen atoms in total. The molecule has 1 saturated heterocycles. The number of ether oxygens (including phenoxy) is 1. The van der Waals surface area contributed by atoms with E-state index < -0.39 is 5.41 Å². The summed E-state index contributed by atoms with van der Waals surface area (Å²) in [5.74, 6) is 0.188. The molecule has 4 rings (SSSR count). The van der Waals surface area contributed by atoms with Crippen LogP contribution < -0.4 is 5.32 Å². The molecule has 8 heteroatoms. The van der Waals surface area contributed by atoms with Crippen LogP contribution in [0.15, 0.2) is 30.7 Å². The van der Waals surface area contributed by atoms with Gasteiger partial charge in [0.1, 0.15) is 11.0 Å². The zero-order chi connectivity index (χ0) is 19.7. The molecule has 1 atom stereocenters. The third-order valence-electron chi connectivity index (χ3n) is 5.91. The number of carbonyl (C=O) groups is 1. The molecule has 0 unspecified atom stereocenters. The first-order valence-electron chi connectivity index (χ1n) is 9.63. The maximum absolute atomic E-state index is 12.8. The van der Waals surface area contributed by atoms with Gasteiger partial charge in [-0.2, -0.15) is 5.10 Å². The monoisotopic (exact) mass is 401 g/mol. The summed E-state index contributed by atoms with van der Waals surface area (Å²) in [5, 5.41) is 16.2. The van der Waals surface area contributed by atoms with Crippen molar-refractivity contribution < 1.29 is 9.53 Å². The second-order valence-corrected chi connectivity index (χ2v) is 8.12. The Morgan fingerprint density at radius 1 is 1.29 bits per heavy atom. The number of hydrogen-bond acceptors (Lipinski definition) is 5. The number of hydrogen-bond donors (Lipinski definition) is 2. The lowest BCUT2D eigenvalue weighted by Crippen LogP contribution is -2.46. The number of amidine groups is 1. The van der Waals surface area contributed by atoms with E-state index in [4.69, 9.17) is 21.7 Å². The Hall–Kier alpha value is -2.25. The Kier molecular flexibility index (Phi) is 5.21. The van der Waals surface area contributed by atoms with Crippen molar-refractivity contribution in [2.45, 2.75) is 44.1 Å². The van der Waals surface area contributed by atoms with Gasteiger partial charge in [-0.05, 0) is 50.2 Å². The van der Waals surface area contributed by atoms with Crippen LogP contribution in [-0.2, 0) is 10.2 Å². The normalized spacial score (nSPS) is 19.8. The number of rotatable bonds is 5. The molecule has 0 bridgehead atoms. The lowest BCUT2D eigenvalue weighted by molar-refractivity contribution is 0.0662. The van der Waals surface area contributed by atoms with Crippen molar-refractivity contribution in [2.24, 2.45) is 5.92 Å². The van der Waals surface area contributed by atoms with Gasteiger partial charge < -0.3 is 10.1 Å². The Morgan fingerprint density at radius 2 is 2.04 bits per heavy atom. The van der Waals surface area contributed by atoms with Gasteiger partial charge in [-0.15, -0.1) is 0 Å². The summed E-state index contributed by atoms with van der Waals surface area (Å²) in [7, 11) is 0. The minimum atomic E-state index is -0.593. The summed E-state index contributed by atoms with van der Waals surface area (Å²) in [6, 6.07) is 3.87. The van der Waals surface area contributed by atoms with Gasteiger partial charge in [-0.3, -0.25) is 14.9 Å². The fraction of sp³-hybridized carbons (Fsp3) is 0.500. The zero-order valence-corrected chi connectivity index (χ0v) is 16.6. The minimum absolute atomic E-state index is 0.183. The molecule has 148 valence electrons. The van der Waals surface area contributed by atoms with Crippen molar-refractivity contribution in [3.8, 4) is 0 Å². The Morgan fingerprint density at radius 3 is 2.68 bits per heavy atom. The van der Waals surface area contributed by atoms with E-state index in [1.165, 1.54) is 0 Å². The molecule has 2 aliphatic rings. The lowest BCUT2D eigenvalue weighted by Gasteiger charge is -2.31. The molecule has 1 aliphatic heterocycles. The van der Waals surface area contributed by atoms with Crippen molar-refractivity contribution in [2.75, 3.05) is 13.2 Å². The molecule has 1 amide bonds. The molecule has 1 aliphatic carbocycles. The van der Waals surface area contributed by atoms with E-state index in [2.05, 4.69) is 15.4 Å². The quantitative estimate of drug-likeness (QED) is 0.456. The van der Waals surface area contributed by atoms with E-state index in [-0.39, 0.29) is 17.8 Å². The third-order valence-corrected chi connectivity index (χ3v) is 6.13. The molecule has 2 aromatic rings. The number of nitrogens with one attached hydrogen (secondary N) is 2. The Bertz CT molecular complexity index is 871. The highest BCUT2D eigenvalue weighted by Gasteiger charge is 2.47.